The van der Waals surface area contributed by atoms with Gasteiger partial charge in [-0.05, 0) is 68.4 Å². The summed E-state index contributed by atoms with van der Waals surface area (Å²) >= 11 is 1.71. The molecule has 1 N–H and O–H groups in total. The Morgan fingerprint density at radius 2 is 2.00 bits per heavy atom. The molecule has 140 valence electrons. The van der Waals surface area contributed by atoms with Crippen LogP contribution < -0.4 is 10.1 Å². The third-order valence-corrected chi connectivity index (χ3v) is 5.76. The third-order valence-electron chi connectivity index (χ3n) is 4.83. The Kier molecular flexibility index (Phi) is 7.09. The van der Waals surface area contributed by atoms with E-state index in [1.807, 2.05) is 25.1 Å². The molecule has 1 aliphatic rings. The number of aryl methyl sites for hydroxylation is 1. The number of amides is 1. The van der Waals surface area contributed by atoms with E-state index >= 15 is 0 Å². The van der Waals surface area contributed by atoms with Crippen LogP contribution in [0.1, 0.15) is 42.7 Å². The Balaban J connectivity index is 1.58. The highest BCUT2D eigenvalue weighted by molar-refractivity contribution is 7.09. The number of likely N-dealkylation sites (tertiary alicyclic amines) is 1. The predicted octanol–water partition coefficient (Wildman–Crippen LogP) is 4.03. The Morgan fingerprint density at radius 1 is 1.23 bits per heavy atom. The smallest absolute Gasteiger partial charge is 0.220 e. The topological polar surface area (TPSA) is 41.6 Å². The van der Waals surface area contributed by atoms with E-state index in [1.54, 1.807) is 11.3 Å². The van der Waals surface area contributed by atoms with Crippen LogP contribution in [-0.2, 0) is 11.2 Å². The van der Waals surface area contributed by atoms with Crippen LogP contribution in [0.3, 0.4) is 0 Å². The molecule has 2 heterocycles. The van der Waals surface area contributed by atoms with Crippen LogP contribution in [0.2, 0.25) is 0 Å². The van der Waals surface area contributed by atoms with Crippen molar-refractivity contribution in [3.05, 3.63) is 52.2 Å². The van der Waals surface area contributed by atoms with Crippen molar-refractivity contribution in [2.75, 3.05) is 26.2 Å². The van der Waals surface area contributed by atoms with Crippen molar-refractivity contribution in [1.82, 2.24) is 10.2 Å². The molecule has 0 spiro atoms. The largest absolute Gasteiger partial charge is 0.494 e. The number of carbonyl (C=O) groups is 1. The number of hydrogen-bond acceptors (Lipinski definition) is 4. The Hall–Kier alpha value is -1.85. The van der Waals surface area contributed by atoms with E-state index < -0.39 is 0 Å². The van der Waals surface area contributed by atoms with Crippen molar-refractivity contribution in [3.63, 3.8) is 0 Å². The quantitative estimate of drug-likeness (QED) is 0.722. The summed E-state index contributed by atoms with van der Waals surface area (Å²) < 4.78 is 5.55. The number of benzene rings is 1. The molecule has 1 aliphatic heterocycles. The lowest BCUT2D eigenvalue weighted by atomic mass is 10.0. The number of nitrogens with one attached hydrogen (secondary N) is 1. The minimum Gasteiger partial charge on any atom is -0.494 e. The van der Waals surface area contributed by atoms with Crippen molar-refractivity contribution in [1.29, 1.82) is 0 Å². The third kappa shape index (κ3) is 5.32. The lowest BCUT2D eigenvalue weighted by Crippen LogP contribution is -2.36. The van der Waals surface area contributed by atoms with Gasteiger partial charge in [-0.25, -0.2) is 0 Å². The Morgan fingerprint density at radius 3 is 2.65 bits per heavy atom. The van der Waals surface area contributed by atoms with Gasteiger partial charge < -0.3 is 10.1 Å². The molecule has 26 heavy (non-hydrogen) atoms. The summed E-state index contributed by atoms with van der Waals surface area (Å²) in [4.78, 5) is 16.0. The molecule has 0 saturated carbocycles. The standard InChI is InChI=1S/C21H28N2O2S/c1-2-25-18-9-7-17(8-10-18)20(23-13-3-4-14-23)16-22-21(24)12-11-19-6-5-15-26-19/h5-10,15,20H,2-4,11-14,16H2,1H3,(H,22,24). The summed E-state index contributed by atoms with van der Waals surface area (Å²) in [5.74, 6) is 1.03. The fraction of sp³-hybridized carbons (Fsp3) is 0.476. The lowest BCUT2D eigenvalue weighted by molar-refractivity contribution is -0.121. The monoisotopic (exact) mass is 372 g/mol. The zero-order chi connectivity index (χ0) is 18.2. The lowest BCUT2D eigenvalue weighted by Gasteiger charge is -2.28. The molecular formula is C21H28N2O2S. The average molecular weight is 373 g/mol. The Labute approximate surface area is 160 Å². The number of hydrogen-bond donors (Lipinski definition) is 1. The second-order valence-corrected chi connectivity index (χ2v) is 7.68. The zero-order valence-corrected chi connectivity index (χ0v) is 16.3. The summed E-state index contributed by atoms with van der Waals surface area (Å²) in [7, 11) is 0. The van der Waals surface area contributed by atoms with Crippen LogP contribution in [0.5, 0.6) is 5.75 Å². The van der Waals surface area contributed by atoms with E-state index in [2.05, 4.69) is 33.8 Å². The average Bonchev–Trinajstić information content (AvgIpc) is 3.36. The maximum absolute atomic E-state index is 12.3. The van der Waals surface area contributed by atoms with Crippen LogP contribution in [-0.4, -0.2) is 37.0 Å². The molecule has 2 aromatic rings. The summed E-state index contributed by atoms with van der Waals surface area (Å²) in [5, 5.41) is 5.21. The first-order chi connectivity index (χ1) is 12.8. The van der Waals surface area contributed by atoms with Gasteiger partial charge in [0, 0.05) is 17.8 Å². The first-order valence-electron chi connectivity index (χ1n) is 9.52. The minimum atomic E-state index is 0.133. The van der Waals surface area contributed by atoms with Crippen LogP contribution >= 0.6 is 11.3 Å². The second kappa shape index (κ2) is 9.74. The van der Waals surface area contributed by atoms with Gasteiger partial charge >= 0.3 is 0 Å². The number of rotatable bonds is 9. The number of thiophene rings is 1. The van der Waals surface area contributed by atoms with Crippen LogP contribution in [0.25, 0.3) is 0 Å². The van der Waals surface area contributed by atoms with Crippen LogP contribution in [0.15, 0.2) is 41.8 Å². The van der Waals surface area contributed by atoms with Gasteiger partial charge in [0.15, 0.2) is 0 Å². The van der Waals surface area contributed by atoms with Crippen molar-refractivity contribution in [3.8, 4) is 5.75 Å². The molecule has 5 heteroatoms. The fourth-order valence-corrected chi connectivity index (χ4v) is 4.16. The molecule has 4 nitrogen and oxygen atoms in total. The molecule has 1 saturated heterocycles. The van der Waals surface area contributed by atoms with E-state index in [0.29, 0.717) is 19.6 Å². The van der Waals surface area contributed by atoms with Crippen molar-refractivity contribution >= 4 is 17.2 Å². The van der Waals surface area contributed by atoms with Crippen LogP contribution in [0.4, 0.5) is 0 Å². The number of ether oxygens (including phenoxy) is 1. The van der Waals surface area contributed by atoms with Gasteiger partial charge in [0.25, 0.3) is 0 Å². The normalized spacial score (nSPS) is 15.7. The highest BCUT2D eigenvalue weighted by atomic mass is 32.1. The number of carbonyl (C=O) groups excluding carboxylic acids is 1. The first kappa shape index (κ1) is 18.9. The number of nitrogens with zero attached hydrogens (tertiary/aromatic N) is 1. The fourth-order valence-electron chi connectivity index (χ4n) is 3.45. The van der Waals surface area contributed by atoms with E-state index in [9.17, 15) is 4.79 Å². The summed E-state index contributed by atoms with van der Waals surface area (Å²) in [6.45, 7) is 5.53. The highest BCUT2D eigenvalue weighted by Crippen LogP contribution is 2.26. The predicted molar refractivity (Wildman–Crippen MR) is 107 cm³/mol. The van der Waals surface area contributed by atoms with Gasteiger partial charge in [-0.3, -0.25) is 9.69 Å². The van der Waals surface area contributed by atoms with Gasteiger partial charge in [-0.1, -0.05) is 18.2 Å². The summed E-state index contributed by atoms with van der Waals surface area (Å²) in [6.07, 6.45) is 3.84. The zero-order valence-electron chi connectivity index (χ0n) is 15.4. The van der Waals surface area contributed by atoms with E-state index in [0.717, 1.165) is 25.3 Å². The molecule has 3 rings (SSSR count). The van der Waals surface area contributed by atoms with Gasteiger partial charge in [0.05, 0.1) is 12.6 Å². The molecule has 1 amide bonds. The molecule has 0 aliphatic carbocycles. The summed E-state index contributed by atoms with van der Waals surface area (Å²) in [6, 6.07) is 12.7. The Bertz CT molecular complexity index is 664. The molecule has 0 radical (unpaired) electrons. The van der Waals surface area contributed by atoms with E-state index in [-0.39, 0.29) is 11.9 Å². The molecule has 1 unspecified atom stereocenters. The first-order valence-corrected chi connectivity index (χ1v) is 10.4. The summed E-state index contributed by atoms with van der Waals surface area (Å²) in [5.41, 5.74) is 1.24. The SMILES string of the molecule is CCOc1ccc(C(CNC(=O)CCc2cccs2)N2CCCC2)cc1. The van der Waals surface area contributed by atoms with Gasteiger partial charge in [-0.15, -0.1) is 11.3 Å². The van der Waals surface area contributed by atoms with Gasteiger partial charge in [0.1, 0.15) is 5.75 Å². The maximum Gasteiger partial charge on any atom is 0.220 e. The second-order valence-electron chi connectivity index (χ2n) is 6.64. The molecule has 1 aromatic carbocycles. The van der Waals surface area contributed by atoms with Gasteiger partial charge in [-0.2, -0.15) is 0 Å². The molecular weight excluding hydrogens is 344 g/mol. The highest BCUT2D eigenvalue weighted by Gasteiger charge is 2.24. The molecule has 1 aromatic heterocycles. The van der Waals surface area contributed by atoms with Crippen molar-refractivity contribution in [2.45, 2.75) is 38.6 Å². The van der Waals surface area contributed by atoms with Crippen molar-refractivity contribution < 1.29 is 9.53 Å². The van der Waals surface area contributed by atoms with Crippen molar-refractivity contribution in [2.24, 2.45) is 0 Å². The molecule has 1 fully saturated rings. The maximum atomic E-state index is 12.3. The van der Waals surface area contributed by atoms with E-state index in [1.165, 1.54) is 23.3 Å². The molecule has 1 atom stereocenters. The van der Waals surface area contributed by atoms with Gasteiger partial charge in [0.2, 0.25) is 5.91 Å². The van der Waals surface area contributed by atoms with Crippen LogP contribution in [0, 0.1) is 0 Å². The molecule has 0 bridgehead atoms. The minimum absolute atomic E-state index is 0.133. The van der Waals surface area contributed by atoms with E-state index in [4.69, 9.17) is 4.74 Å².